The number of nitrogens with zero attached hydrogens (tertiary/aromatic N) is 3. The maximum absolute atomic E-state index is 13.7. The molecule has 6 heteroatoms. The summed E-state index contributed by atoms with van der Waals surface area (Å²) in [5.74, 6) is 0.363. The van der Waals surface area contributed by atoms with Crippen molar-refractivity contribution in [1.29, 1.82) is 0 Å². The van der Waals surface area contributed by atoms with Crippen molar-refractivity contribution < 1.29 is 9.53 Å². The molecule has 4 rings (SSSR count). The molecule has 1 atom stereocenters. The minimum Gasteiger partial charge on any atom is -0.385 e. The fourth-order valence-electron chi connectivity index (χ4n) is 4.21. The molecule has 0 aliphatic carbocycles. The van der Waals surface area contributed by atoms with Crippen LogP contribution in [-0.4, -0.2) is 40.6 Å². The Morgan fingerprint density at radius 2 is 1.72 bits per heavy atom. The number of methoxy groups -OCH3 is 1. The average Bonchev–Trinajstić information content (AvgIpc) is 2.91. The van der Waals surface area contributed by atoms with Gasteiger partial charge < -0.3 is 9.64 Å². The molecule has 1 aromatic heterocycles. The summed E-state index contributed by atoms with van der Waals surface area (Å²) in [5.41, 5.74) is 3.20. The van der Waals surface area contributed by atoms with Gasteiger partial charge in [0.1, 0.15) is 5.82 Å². The van der Waals surface area contributed by atoms with E-state index in [0.29, 0.717) is 36.3 Å². The number of hydrogen-bond donors (Lipinski definition) is 0. The number of benzene rings is 3. The number of ether oxygens (including phenoxy) is 1. The van der Waals surface area contributed by atoms with Gasteiger partial charge in [0.25, 0.3) is 5.56 Å². The summed E-state index contributed by atoms with van der Waals surface area (Å²) >= 11 is 0. The number of aryl methyl sites for hydroxylation is 1. The van der Waals surface area contributed by atoms with Crippen molar-refractivity contribution in [3.05, 3.63) is 112 Å². The lowest BCUT2D eigenvalue weighted by atomic mass is 10.1. The van der Waals surface area contributed by atoms with Crippen molar-refractivity contribution in [2.24, 2.45) is 0 Å². The van der Waals surface area contributed by atoms with Crippen LogP contribution in [0.3, 0.4) is 0 Å². The number of para-hydroxylation sites is 1. The molecular weight excluding hydrogens is 450 g/mol. The van der Waals surface area contributed by atoms with Gasteiger partial charge in [-0.15, -0.1) is 0 Å². The van der Waals surface area contributed by atoms with E-state index in [9.17, 15) is 9.59 Å². The van der Waals surface area contributed by atoms with Crippen LogP contribution in [-0.2, 0) is 9.53 Å². The predicted octanol–water partition coefficient (Wildman–Crippen LogP) is 5.33. The maximum atomic E-state index is 13.7. The molecule has 0 aliphatic heterocycles. The second-order valence-corrected chi connectivity index (χ2v) is 8.76. The highest BCUT2D eigenvalue weighted by Gasteiger charge is 2.25. The van der Waals surface area contributed by atoms with Crippen LogP contribution in [0.1, 0.15) is 36.3 Å². The van der Waals surface area contributed by atoms with Gasteiger partial charge in [0, 0.05) is 26.3 Å². The predicted molar refractivity (Wildman–Crippen MR) is 144 cm³/mol. The van der Waals surface area contributed by atoms with E-state index in [4.69, 9.17) is 9.72 Å². The molecule has 0 saturated heterocycles. The van der Waals surface area contributed by atoms with Crippen LogP contribution < -0.4 is 5.56 Å². The molecule has 0 radical (unpaired) electrons. The molecule has 1 amide bonds. The third kappa shape index (κ3) is 5.61. The summed E-state index contributed by atoms with van der Waals surface area (Å²) in [6.07, 6.45) is 4.04. The molecule has 0 spiro atoms. The van der Waals surface area contributed by atoms with Gasteiger partial charge in [0.15, 0.2) is 0 Å². The zero-order valence-corrected chi connectivity index (χ0v) is 20.9. The molecule has 1 unspecified atom stereocenters. The van der Waals surface area contributed by atoms with Gasteiger partial charge in [-0.3, -0.25) is 14.2 Å². The molecule has 184 valence electrons. The molecule has 6 nitrogen and oxygen atoms in total. The van der Waals surface area contributed by atoms with E-state index in [1.165, 1.54) is 0 Å². The number of carbonyl (C=O) groups is 1. The highest BCUT2D eigenvalue weighted by atomic mass is 16.5. The summed E-state index contributed by atoms with van der Waals surface area (Å²) < 4.78 is 6.87. The van der Waals surface area contributed by atoms with Gasteiger partial charge in [-0.2, -0.15) is 0 Å². The topological polar surface area (TPSA) is 64.4 Å². The zero-order valence-electron chi connectivity index (χ0n) is 20.9. The largest absolute Gasteiger partial charge is 0.385 e. The molecule has 0 N–H and O–H groups in total. The van der Waals surface area contributed by atoms with E-state index < -0.39 is 6.04 Å². The number of hydrogen-bond acceptors (Lipinski definition) is 4. The first-order chi connectivity index (χ1) is 17.5. The number of carbonyl (C=O) groups excluding carboxylic acids is 1. The van der Waals surface area contributed by atoms with Crippen LogP contribution >= 0.6 is 0 Å². The van der Waals surface area contributed by atoms with Crippen molar-refractivity contribution >= 4 is 22.9 Å². The van der Waals surface area contributed by atoms with Crippen LogP contribution in [0, 0.1) is 6.92 Å². The average molecular weight is 482 g/mol. The van der Waals surface area contributed by atoms with Gasteiger partial charge in [-0.25, -0.2) is 4.98 Å². The van der Waals surface area contributed by atoms with Crippen LogP contribution in [0.4, 0.5) is 0 Å². The second kappa shape index (κ2) is 11.6. The first kappa shape index (κ1) is 25.1. The van der Waals surface area contributed by atoms with Crippen LogP contribution in [0.15, 0.2) is 89.7 Å². The van der Waals surface area contributed by atoms with Crippen LogP contribution in [0.25, 0.3) is 22.7 Å². The number of fused-ring (bicyclic) bond motifs is 1. The summed E-state index contributed by atoms with van der Waals surface area (Å²) in [4.78, 5) is 33.8. The van der Waals surface area contributed by atoms with E-state index in [2.05, 4.69) is 0 Å². The Kier molecular flexibility index (Phi) is 8.08. The second-order valence-electron chi connectivity index (χ2n) is 8.76. The molecule has 3 aromatic carbocycles. The fourth-order valence-corrected chi connectivity index (χ4v) is 4.21. The monoisotopic (exact) mass is 481 g/mol. The summed E-state index contributed by atoms with van der Waals surface area (Å²) in [7, 11) is 1.64. The van der Waals surface area contributed by atoms with Crippen molar-refractivity contribution in [3.8, 4) is 5.69 Å². The molecular formula is C30H31N3O3. The van der Waals surface area contributed by atoms with Crippen molar-refractivity contribution in [1.82, 2.24) is 14.5 Å². The standard InChI is InChI=1S/C30H31N3O3/c1-22-14-17-25(18-15-22)33-29(31-27-13-8-7-12-26(27)30(33)35)23(2)32(20-9-21-36-3)28(34)19-16-24-10-5-4-6-11-24/h4-8,10-19,23H,9,20-21H2,1-3H3. The summed E-state index contributed by atoms with van der Waals surface area (Å²) in [5, 5.41) is 0.537. The highest BCUT2D eigenvalue weighted by molar-refractivity contribution is 5.92. The Hall–Kier alpha value is -4.03. The van der Waals surface area contributed by atoms with E-state index >= 15 is 0 Å². The van der Waals surface area contributed by atoms with Crippen molar-refractivity contribution in [2.75, 3.05) is 20.3 Å². The lowest BCUT2D eigenvalue weighted by Gasteiger charge is -2.30. The Morgan fingerprint density at radius 3 is 2.44 bits per heavy atom. The minimum atomic E-state index is -0.464. The van der Waals surface area contributed by atoms with Gasteiger partial charge in [-0.1, -0.05) is 60.2 Å². The van der Waals surface area contributed by atoms with Crippen molar-refractivity contribution in [3.63, 3.8) is 0 Å². The SMILES string of the molecule is COCCCN(C(=O)C=Cc1ccccc1)C(C)c1nc2ccccc2c(=O)n1-c1ccc(C)cc1. The Balaban J connectivity index is 1.80. The molecule has 4 aromatic rings. The molecule has 0 saturated carbocycles. The Bertz CT molecular complexity index is 1410. The molecule has 36 heavy (non-hydrogen) atoms. The number of aromatic nitrogens is 2. The smallest absolute Gasteiger partial charge is 0.266 e. The fraction of sp³-hybridized carbons (Fsp3) is 0.233. The van der Waals surface area contributed by atoms with Gasteiger partial charge in [0.05, 0.1) is 22.6 Å². The van der Waals surface area contributed by atoms with E-state index in [1.807, 2.05) is 86.6 Å². The first-order valence-corrected chi connectivity index (χ1v) is 12.1. The lowest BCUT2D eigenvalue weighted by molar-refractivity contribution is -0.128. The number of rotatable bonds is 9. The third-order valence-corrected chi connectivity index (χ3v) is 6.18. The van der Waals surface area contributed by atoms with Gasteiger partial charge >= 0.3 is 0 Å². The molecule has 0 aliphatic rings. The maximum Gasteiger partial charge on any atom is 0.266 e. The normalized spacial score (nSPS) is 12.2. The van der Waals surface area contributed by atoms with Crippen LogP contribution in [0.2, 0.25) is 0 Å². The Labute approximate surface area is 211 Å². The van der Waals surface area contributed by atoms with Gasteiger partial charge in [0.2, 0.25) is 5.91 Å². The van der Waals surface area contributed by atoms with Crippen LogP contribution in [0.5, 0.6) is 0 Å². The number of amides is 1. The quantitative estimate of drug-likeness (QED) is 0.239. The first-order valence-electron chi connectivity index (χ1n) is 12.1. The van der Waals surface area contributed by atoms with E-state index in [0.717, 1.165) is 16.8 Å². The lowest BCUT2D eigenvalue weighted by Crippen LogP contribution is -2.37. The molecule has 0 bridgehead atoms. The van der Waals surface area contributed by atoms with Gasteiger partial charge in [-0.05, 0) is 56.2 Å². The Morgan fingerprint density at radius 1 is 1.03 bits per heavy atom. The minimum absolute atomic E-state index is 0.152. The van der Waals surface area contributed by atoms with E-state index in [1.54, 1.807) is 34.8 Å². The van der Waals surface area contributed by atoms with Crippen molar-refractivity contribution in [2.45, 2.75) is 26.3 Å². The molecule has 1 heterocycles. The third-order valence-electron chi connectivity index (χ3n) is 6.18. The summed E-state index contributed by atoms with van der Waals surface area (Å²) in [6, 6.07) is 24.3. The summed E-state index contributed by atoms with van der Waals surface area (Å²) in [6.45, 7) is 4.91. The highest BCUT2D eigenvalue weighted by Crippen LogP contribution is 2.24. The molecule has 0 fully saturated rings. The zero-order chi connectivity index (χ0) is 25.5. The van der Waals surface area contributed by atoms with E-state index in [-0.39, 0.29) is 11.5 Å².